The molecule has 1 aromatic rings. The zero-order valence-corrected chi connectivity index (χ0v) is 11.8. The van der Waals surface area contributed by atoms with Crippen molar-refractivity contribution in [2.24, 2.45) is 0 Å². The average molecular weight is 281 g/mol. The molecule has 0 aromatic heterocycles. The van der Waals surface area contributed by atoms with Gasteiger partial charge in [0, 0.05) is 0 Å². The molecule has 0 saturated heterocycles. The molecule has 110 valence electrons. The summed E-state index contributed by atoms with van der Waals surface area (Å²) < 4.78 is 10.4. The van der Waals surface area contributed by atoms with Gasteiger partial charge in [-0.05, 0) is 32.9 Å². The van der Waals surface area contributed by atoms with Crippen LogP contribution >= 0.6 is 0 Å². The van der Waals surface area contributed by atoms with Gasteiger partial charge in [0.25, 0.3) is 0 Å². The third-order valence-corrected chi connectivity index (χ3v) is 2.15. The Bertz CT molecular complexity index is 479. The summed E-state index contributed by atoms with van der Waals surface area (Å²) in [5.41, 5.74) is -0.467. The van der Waals surface area contributed by atoms with Gasteiger partial charge >= 0.3 is 12.1 Å². The van der Waals surface area contributed by atoms with Gasteiger partial charge in [-0.25, -0.2) is 9.59 Å². The van der Waals surface area contributed by atoms with Crippen molar-refractivity contribution in [3.8, 4) is 5.75 Å². The largest absolute Gasteiger partial charge is 0.491 e. The lowest BCUT2D eigenvalue weighted by molar-refractivity contribution is 0.0518. The Balaban J connectivity index is 2.39. The van der Waals surface area contributed by atoms with E-state index in [1.807, 2.05) is 0 Å². The van der Waals surface area contributed by atoms with Crippen LogP contribution in [0.25, 0.3) is 0 Å². The lowest BCUT2D eigenvalue weighted by Crippen LogP contribution is -2.34. The number of ether oxygens (including phenoxy) is 2. The normalized spacial score (nSPS) is 10.8. The Labute approximate surface area is 117 Å². The molecular formula is C14H19NO5. The first-order chi connectivity index (χ1) is 9.29. The van der Waals surface area contributed by atoms with Crippen LogP contribution in [-0.4, -0.2) is 35.9 Å². The fraction of sp³-hybridized carbons (Fsp3) is 0.429. The van der Waals surface area contributed by atoms with Gasteiger partial charge in [-0.2, -0.15) is 0 Å². The van der Waals surface area contributed by atoms with Crippen LogP contribution in [-0.2, 0) is 4.74 Å². The van der Waals surface area contributed by atoms with Crippen LogP contribution in [0.5, 0.6) is 5.75 Å². The Hall–Kier alpha value is -2.24. The molecule has 0 heterocycles. The van der Waals surface area contributed by atoms with Crippen molar-refractivity contribution < 1.29 is 24.2 Å². The number of hydrogen-bond donors (Lipinski definition) is 2. The first-order valence-corrected chi connectivity index (χ1v) is 6.21. The zero-order valence-electron chi connectivity index (χ0n) is 11.8. The van der Waals surface area contributed by atoms with E-state index in [1.54, 1.807) is 39.0 Å². The average Bonchev–Trinajstić information content (AvgIpc) is 2.33. The first kappa shape index (κ1) is 15.8. The summed E-state index contributed by atoms with van der Waals surface area (Å²) in [5.74, 6) is -0.785. The predicted octanol–water partition coefficient (Wildman–Crippen LogP) is 2.29. The topological polar surface area (TPSA) is 84.9 Å². The zero-order chi connectivity index (χ0) is 15.2. The maximum atomic E-state index is 11.4. The van der Waals surface area contributed by atoms with Crippen molar-refractivity contribution >= 4 is 12.1 Å². The van der Waals surface area contributed by atoms with Gasteiger partial charge in [-0.3, -0.25) is 0 Å². The van der Waals surface area contributed by atoms with Crippen LogP contribution in [0.2, 0.25) is 0 Å². The number of para-hydroxylation sites is 1. The third kappa shape index (κ3) is 5.60. The molecule has 0 atom stereocenters. The van der Waals surface area contributed by atoms with Crippen LogP contribution in [0.3, 0.4) is 0 Å². The van der Waals surface area contributed by atoms with Crippen LogP contribution in [0.1, 0.15) is 31.1 Å². The van der Waals surface area contributed by atoms with E-state index in [2.05, 4.69) is 5.32 Å². The third-order valence-electron chi connectivity index (χ3n) is 2.15. The Morgan fingerprint density at radius 2 is 1.90 bits per heavy atom. The van der Waals surface area contributed by atoms with Gasteiger partial charge in [0.2, 0.25) is 0 Å². The molecule has 1 aromatic carbocycles. The van der Waals surface area contributed by atoms with E-state index in [9.17, 15) is 9.59 Å². The monoisotopic (exact) mass is 281 g/mol. The minimum absolute atomic E-state index is 0.0877. The molecule has 0 bridgehead atoms. The van der Waals surface area contributed by atoms with Crippen LogP contribution in [0.15, 0.2) is 24.3 Å². The minimum Gasteiger partial charge on any atom is -0.491 e. The lowest BCUT2D eigenvalue weighted by atomic mass is 10.2. The molecule has 0 fully saturated rings. The molecule has 0 aliphatic carbocycles. The standard InChI is InChI=1S/C14H19NO5/c1-14(2,3)20-13(18)15-8-9-19-11-7-5-4-6-10(11)12(16)17/h4-7H,8-9H2,1-3H3,(H,15,18)(H,16,17). The number of alkyl carbamates (subject to hydrolysis) is 1. The molecule has 6 heteroatoms. The second kappa shape index (κ2) is 6.79. The Morgan fingerprint density at radius 3 is 2.50 bits per heavy atom. The SMILES string of the molecule is CC(C)(C)OC(=O)NCCOc1ccccc1C(=O)O. The van der Waals surface area contributed by atoms with Crippen molar-refractivity contribution in [2.75, 3.05) is 13.2 Å². The number of rotatable bonds is 5. The highest BCUT2D eigenvalue weighted by atomic mass is 16.6. The molecule has 0 unspecified atom stereocenters. The number of carboxylic acid groups (broad SMARTS) is 1. The highest BCUT2D eigenvalue weighted by molar-refractivity contribution is 5.90. The fourth-order valence-electron chi connectivity index (χ4n) is 1.40. The summed E-state index contributed by atoms with van der Waals surface area (Å²) in [6.07, 6.45) is -0.535. The number of benzene rings is 1. The van der Waals surface area contributed by atoms with Crippen LogP contribution in [0, 0.1) is 0 Å². The minimum atomic E-state index is -1.05. The first-order valence-electron chi connectivity index (χ1n) is 6.21. The van der Waals surface area contributed by atoms with Gasteiger partial charge in [0.15, 0.2) is 0 Å². The molecule has 20 heavy (non-hydrogen) atoms. The number of aromatic carboxylic acids is 1. The summed E-state index contributed by atoms with van der Waals surface area (Å²) in [5, 5.41) is 11.5. The van der Waals surface area contributed by atoms with Crippen molar-refractivity contribution in [1.82, 2.24) is 5.32 Å². The van der Waals surface area contributed by atoms with E-state index in [0.717, 1.165) is 0 Å². The van der Waals surface area contributed by atoms with Crippen molar-refractivity contribution in [3.63, 3.8) is 0 Å². The van der Waals surface area contributed by atoms with Crippen LogP contribution < -0.4 is 10.1 Å². The number of nitrogens with one attached hydrogen (secondary N) is 1. The van der Waals surface area contributed by atoms with E-state index in [4.69, 9.17) is 14.6 Å². The smallest absolute Gasteiger partial charge is 0.407 e. The van der Waals surface area contributed by atoms with Crippen molar-refractivity contribution in [3.05, 3.63) is 29.8 Å². The molecule has 2 N–H and O–H groups in total. The molecule has 1 rings (SSSR count). The highest BCUT2D eigenvalue weighted by Crippen LogP contribution is 2.17. The Morgan fingerprint density at radius 1 is 1.25 bits per heavy atom. The van der Waals surface area contributed by atoms with E-state index >= 15 is 0 Å². The summed E-state index contributed by atoms with van der Waals surface area (Å²) in [6.45, 7) is 5.69. The van der Waals surface area contributed by atoms with E-state index in [1.165, 1.54) is 6.07 Å². The molecular weight excluding hydrogens is 262 g/mol. The molecule has 1 amide bonds. The maximum Gasteiger partial charge on any atom is 0.407 e. The fourth-order valence-corrected chi connectivity index (χ4v) is 1.40. The molecule has 6 nitrogen and oxygen atoms in total. The molecule has 0 aliphatic rings. The van der Waals surface area contributed by atoms with Gasteiger partial charge < -0.3 is 19.9 Å². The molecule has 0 saturated carbocycles. The molecule has 0 spiro atoms. The Kier molecular flexibility index (Phi) is 5.37. The van der Waals surface area contributed by atoms with Gasteiger partial charge in [0.1, 0.15) is 23.5 Å². The summed E-state index contributed by atoms with van der Waals surface area (Å²) >= 11 is 0. The summed E-state index contributed by atoms with van der Waals surface area (Å²) in [6, 6.07) is 6.33. The number of carbonyl (C=O) groups is 2. The quantitative estimate of drug-likeness (QED) is 0.809. The second-order valence-corrected chi connectivity index (χ2v) is 5.08. The van der Waals surface area contributed by atoms with Crippen molar-refractivity contribution in [2.45, 2.75) is 26.4 Å². The lowest BCUT2D eigenvalue weighted by Gasteiger charge is -2.19. The number of carboxylic acids is 1. The summed E-state index contributed by atoms with van der Waals surface area (Å²) in [7, 11) is 0. The number of amides is 1. The number of carbonyl (C=O) groups excluding carboxylic acids is 1. The van der Waals surface area contributed by atoms with E-state index < -0.39 is 17.7 Å². The maximum absolute atomic E-state index is 11.4. The van der Waals surface area contributed by atoms with E-state index in [0.29, 0.717) is 0 Å². The van der Waals surface area contributed by atoms with E-state index in [-0.39, 0.29) is 24.5 Å². The molecule has 0 aliphatic heterocycles. The second-order valence-electron chi connectivity index (χ2n) is 5.08. The van der Waals surface area contributed by atoms with Gasteiger partial charge in [-0.1, -0.05) is 12.1 Å². The highest BCUT2D eigenvalue weighted by Gasteiger charge is 2.15. The van der Waals surface area contributed by atoms with Gasteiger partial charge in [0.05, 0.1) is 6.54 Å². The summed E-state index contributed by atoms with van der Waals surface area (Å²) in [4.78, 5) is 22.3. The van der Waals surface area contributed by atoms with Crippen LogP contribution in [0.4, 0.5) is 4.79 Å². The van der Waals surface area contributed by atoms with Crippen molar-refractivity contribution in [1.29, 1.82) is 0 Å². The van der Waals surface area contributed by atoms with Gasteiger partial charge in [-0.15, -0.1) is 0 Å². The molecule has 0 radical (unpaired) electrons. The predicted molar refractivity (Wildman–Crippen MR) is 73.1 cm³/mol. The number of hydrogen-bond acceptors (Lipinski definition) is 4.